The highest BCUT2D eigenvalue weighted by molar-refractivity contribution is 6.05. The van der Waals surface area contributed by atoms with E-state index in [0.29, 0.717) is 30.1 Å². The number of benzene rings is 3. The first-order valence-corrected chi connectivity index (χ1v) is 14.6. The SMILES string of the molecule is CCc1ccc2oc(N3C4CC(c5ccc(N(C=O)C(CCC=O)C(=O)NC)c6c(C)cccc56)CC3C4)nc2c1. The van der Waals surface area contributed by atoms with E-state index < -0.39 is 6.04 Å². The van der Waals surface area contributed by atoms with E-state index in [1.165, 1.54) is 16.0 Å². The minimum Gasteiger partial charge on any atom is -0.423 e. The van der Waals surface area contributed by atoms with Crippen LogP contribution in [0.5, 0.6) is 0 Å². The third kappa shape index (κ3) is 4.65. The first-order chi connectivity index (χ1) is 20.0. The summed E-state index contributed by atoms with van der Waals surface area (Å²) in [7, 11) is 1.55. The molecule has 2 bridgehead atoms. The molecule has 8 nitrogen and oxygen atoms in total. The van der Waals surface area contributed by atoms with Crippen LogP contribution in [0.15, 0.2) is 52.9 Å². The molecule has 8 heteroatoms. The Labute approximate surface area is 239 Å². The number of hydrogen-bond acceptors (Lipinski definition) is 6. The molecular weight excluding hydrogens is 516 g/mol. The molecule has 1 N–H and O–H groups in total. The Balaban J connectivity index is 1.31. The number of fused-ring (bicyclic) bond motifs is 4. The Kier molecular flexibility index (Phi) is 7.24. The molecule has 3 aromatic carbocycles. The van der Waals surface area contributed by atoms with E-state index in [-0.39, 0.29) is 18.7 Å². The summed E-state index contributed by atoms with van der Waals surface area (Å²) in [5.41, 5.74) is 6.00. The number of carbonyl (C=O) groups is 3. The molecule has 0 spiro atoms. The van der Waals surface area contributed by atoms with Gasteiger partial charge in [-0.2, -0.15) is 4.98 Å². The number of oxazole rings is 1. The highest BCUT2D eigenvalue weighted by atomic mass is 16.4. The Morgan fingerprint density at radius 2 is 1.95 bits per heavy atom. The number of piperidine rings is 1. The fraction of sp³-hybridized carbons (Fsp3) is 0.394. The number of aldehydes is 1. The zero-order valence-electron chi connectivity index (χ0n) is 23.8. The lowest BCUT2D eigenvalue weighted by Crippen LogP contribution is -2.60. The number of amides is 2. The van der Waals surface area contributed by atoms with Crippen LogP contribution >= 0.6 is 0 Å². The molecule has 3 heterocycles. The van der Waals surface area contributed by atoms with E-state index in [1.54, 1.807) is 7.05 Å². The fourth-order valence-electron chi connectivity index (χ4n) is 6.98. The molecule has 3 unspecified atom stereocenters. The molecule has 7 rings (SSSR count). The number of likely N-dealkylation sites (N-methyl/N-ethyl adjacent to an activating group) is 1. The number of nitrogens with one attached hydrogen (secondary N) is 1. The van der Waals surface area contributed by atoms with Crippen LogP contribution in [0.3, 0.4) is 0 Å². The van der Waals surface area contributed by atoms with Crippen LogP contribution in [-0.4, -0.2) is 48.8 Å². The van der Waals surface area contributed by atoms with Crippen LogP contribution in [0.2, 0.25) is 0 Å². The van der Waals surface area contributed by atoms with Crippen molar-refractivity contribution in [3.8, 4) is 0 Å². The van der Waals surface area contributed by atoms with Gasteiger partial charge in [-0.1, -0.05) is 37.3 Å². The number of nitrogens with zero attached hydrogens (tertiary/aromatic N) is 3. The first kappa shape index (κ1) is 27.0. The molecule has 3 aliphatic rings. The van der Waals surface area contributed by atoms with E-state index in [9.17, 15) is 14.4 Å². The molecule has 2 aliphatic heterocycles. The zero-order chi connectivity index (χ0) is 28.7. The summed E-state index contributed by atoms with van der Waals surface area (Å²) in [4.78, 5) is 45.0. The summed E-state index contributed by atoms with van der Waals surface area (Å²) in [6.45, 7) is 4.18. The summed E-state index contributed by atoms with van der Waals surface area (Å²) >= 11 is 0. The summed E-state index contributed by atoms with van der Waals surface area (Å²) in [5, 5.41) is 4.73. The van der Waals surface area contributed by atoms with Crippen molar-refractivity contribution in [1.82, 2.24) is 10.3 Å². The number of carbonyl (C=O) groups excluding carboxylic acids is 3. The summed E-state index contributed by atoms with van der Waals surface area (Å²) in [5.74, 6) is 0.0706. The van der Waals surface area contributed by atoms with Gasteiger partial charge in [0.1, 0.15) is 17.8 Å². The van der Waals surface area contributed by atoms with Crippen molar-refractivity contribution in [3.05, 3.63) is 65.2 Å². The molecule has 2 amide bonds. The van der Waals surface area contributed by atoms with Crippen LogP contribution in [0.25, 0.3) is 21.9 Å². The van der Waals surface area contributed by atoms with E-state index >= 15 is 0 Å². The first-order valence-electron chi connectivity index (χ1n) is 14.6. The second kappa shape index (κ2) is 11.0. The van der Waals surface area contributed by atoms with Crippen molar-refractivity contribution < 1.29 is 18.8 Å². The average Bonchev–Trinajstić information content (AvgIpc) is 3.40. The normalized spacial score (nSPS) is 20.5. The van der Waals surface area contributed by atoms with Gasteiger partial charge < -0.3 is 24.3 Å². The van der Waals surface area contributed by atoms with Gasteiger partial charge in [-0.3, -0.25) is 9.59 Å². The van der Waals surface area contributed by atoms with Gasteiger partial charge in [-0.15, -0.1) is 0 Å². The number of hydrogen-bond donors (Lipinski definition) is 1. The summed E-state index contributed by atoms with van der Waals surface area (Å²) in [6, 6.07) is 17.2. The van der Waals surface area contributed by atoms with Gasteiger partial charge in [0, 0.05) is 30.9 Å². The molecule has 4 aromatic rings. The van der Waals surface area contributed by atoms with E-state index in [1.807, 2.05) is 25.1 Å². The molecule has 2 saturated heterocycles. The Bertz CT molecular complexity index is 1620. The van der Waals surface area contributed by atoms with Gasteiger partial charge in [0.2, 0.25) is 12.3 Å². The van der Waals surface area contributed by atoms with Crippen molar-refractivity contribution in [2.24, 2.45) is 0 Å². The minimum absolute atomic E-state index is 0.193. The van der Waals surface area contributed by atoms with Gasteiger partial charge in [0.25, 0.3) is 6.01 Å². The van der Waals surface area contributed by atoms with Crippen molar-refractivity contribution in [2.75, 3.05) is 16.8 Å². The maximum Gasteiger partial charge on any atom is 0.298 e. The molecule has 212 valence electrons. The van der Waals surface area contributed by atoms with Gasteiger partial charge in [-0.25, -0.2) is 0 Å². The Morgan fingerprint density at radius 3 is 2.66 bits per heavy atom. The number of aromatic nitrogens is 1. The summed E-state index contributed by atoms with van der Waals surface area (Å²) < 4.78 is 6.19. The van der Waals surface area contributed by atoms with Crippen molar-refractivity contribution in [3.63, 3.8) is 0 Å². The van der Waals surface area contributed by atoms with Gasteiger partial charge in [0.15, 0.2) is 5.58 Å². The lowest BCUT2D eigenvalue weighted by atomic mass is 9.70. The second-order valence-electron chi connectivity index (χ2n) is 11.3. The molecule has 1 saturated carbocycles. The van der Waals surface area contributed by atoms with Crippen LogP contribution in [0.1, 0.15) is 61.6 Å². The van der Waals surface area contributed by atoms with Gasteiger partial charge in [0.05, 0.1) is 5.69 Å². The third-order valence-electron chi connectivity index (χ3n) is 9.05. The third-order valence-corrected chi connectivity index (χ3v) is 9.05. The number of rotatable bonds is 10. The topological polar surface area (TPSA) is 95.8 Å². The minimum atomic E-state index is -0.767. The zero-order valence-corrected chi connectivity index (χ0v) is 23.8. The molecule has 1 aromatic heterocycles. The molecule has 3 fully saturated rings. The fourth-order valence-corrected chi connectivity index (χ4v) is 6.98. The van der Waals surface area contributed by atoms with Crippen molar-refractivity contribution in [2.45, 2.75) is 76.4 Å². The molecular formula is C33H36N4O4. The summed E-state index contributed by atoms with van der Waals surface area (Å²) in [6.07, 6.45) is 6.04. The standard InChI is InChI=1S/C33H36N4O4/c1-4-21-10-13-30-27(15-21)35-33(41-30)37-23-16-22(17-24(37)18-23)25-11-12-28(31-20(2)7-5-8-26(25)31)36(19-39)29(9-6-14-38)32(40)34-3/h5,7-8,10-15,19,22-24,29H,4,6,9,16-18H2,1-3H3,(H,34,40). The second-order valence-corrected chi connectivity index (χ2v) is 11.3. The predicted molar refractivity (Wildman–Crippen MR) is 160 cm³/mol. The molecule has 1 aliphatic carbocycles. The van der Waals surface area contributed by atoms with Crippen molar-refractivity contribution >= 4 is 52.2 Å². The smallest absolute Gasteiger partial charge is 0.298 e. The van der Waals surface area contributed by atoms with Crippen molar-refractivity contribution in [1.29, 1.82) is 0 Å². The quantitative estimate of drug-likeness (QED) is 0.264. The van der Waals surface area contributed by atoms with Crippen LogP contribution < -0.4 is 15.1 Å². The highest BCUT2D eigenvalue weighted by Crippen LogP contribution is 2.49. The Hall–Kier alpha value is -4.20. The maximum absolute atomic E-state index is 12.8. The predicted octanol–water partition coefficient (Wildman–Crippen LogP) is 5.43. The average molecular weight is 553 g/mol. The van der Waals surface area contributed by atoms with Crippen LogP contribution in [0.4, 0.5) is 11.7 Å². The van der Waals surface area contributed by atoms with Gasteiger partial charge in [-0.05, 0) is 85.2 Å². The molecule has 41 heavy (non-hydrogen) atoms. The van der Waals surface area contributed by atoms with Crippen LogP contribution in [0, 0.1) is 6.92 Å². The van der Waals surface area contributed by atoms with E-state index in [4.69, 9.17) is 9.40 Å². The lowest BCUT2D eigenvalue weighted by Gasteiger charge is -2.54. The largest absolute Gasteiger partial charge is 0.423 e. The highest BCUT2D eigenvalue weighted by Gasteiger charge is 2.48. The number of anilines is 2. The molecule has 0 radical (unpaired) electrons. The van der Waals surface area contributed by atoms with Gasteiger partial charge >= 0.3 is 0 Å². The van der Waals surface area contributed by atoms with E-state index in [0.717, 1.165) is 65.4 Å². The lowest BCUT2D eigenvalue weighted by molar-refractivity contribution is -0.123. The monoisotopic (exact) mass is 552 g/mol. The van der Waals surface area contributed by atoms with E-state index in [2.05, 4.69) is 47.5 Å². The molecule has 3 atom stereocenters. The van der Waals surface area contributed by atoms with Crippen LogP contribution in [-0.2, 0) is 20.8 Å². The number of aryl methyl sites for hydroxylation is 2. The Morgan fingerprint density at radius 1 is 1.15 bits per heavy atom. The maximum atomic E-state index is 12.8.